The molecule has 0 aliphatic carbocycles. The summed E-state index contributed by atoms with van der Waals surface area (Å²) in [6, 6.07) is 7.36. The van der Waals surface area contributed by atoms with E-state index in [0.717, 1.165) is 18.4 Å². The second-order valence-corrected chi connectivity index (χ2v) is 6.54. The van der Waals surface area contributed by atoms with Crippen molar-refractivity contribution in [2.75, 3.05) is 14.1 Å². The molecular weight excluding hydrogens is 222 g/mol. The Balaban J connectivity index is 2.57. The molecule has 4 heteroatoms. The van der Waals surface area contributed by atoms with Crippen molar-refractivity contribution in [3.63, 3.8) is 0 Å². The fraction of sp³-hybridized carbons (Fsp3) is 0.500. The summed E-state index contributed by atoms with van der Waals surface area (Å²) >= 11 is 0. The Hall–Kier alpha value is -0.870. The number of aryl methyl sites for hydroxylation is 1. The van der Waals surface area contributed by atoms with Gasteiger partial charge in [0.25, 0.3) is 0 Å². The fourth-order valence-electron chi connectivity index (χ4n) is 2.29. The Morgan fingerprint density at radius 1 is 1.25 bits per heavy atom. The van der Waals surface area contributed by atoms with Crippen molar-refractivity contribution >= 4 is 9.84 Å². The fourth-order valence-corrected chi connectivity index (χ4v) is 4.42. The molecule has 0 radical (unpaired) electrons. The van der Waals surface area contributed by atoms with E-state index in [1.807, 2.05) is 26.2 Å². The van der Waals surface area contributed by atoms with Crippen LogP contribution in [-0.4, -0.2) is 32.8 Å². The number of hydrogen-bond donors (Lipinski definition) is 0. The van der Waals surface area contributed by atoms with Gasteiger partial charge in [-0.1, -0.05) is 18.2 Å². The number of sulfone groups is 1. The van der Waals surface area contributed by atoms with E-state index in [4.69, 9.17) is 0 Å². The van der Waals surface area contributed by atoms with Crippen molar-refractivity contribution in [1.29, 1.82) is 0 Å². The minimum absolute atomic E-state index is 0.379. The second-order valence-electron chi connectivity index (χ2n) is 4.46. The van der Waals surface area contributed by atoms with Crippen LogP contribution in [0.4, 0.5) is 0 Å². The first kappa shape index (κ1) is 11.6. The molecule has 0 saturated heterocycles. The number of rotatable bonds is 1. The van der Waals surface area contributed by atoms with E-state index < -0.39 is 9.84 Å². The van der Waals surface area contributed by atoms with Crippen LogP contribution in [0.5, 0.6) is 0 Å². The van der Waals surface area contributed by atoms with Crippen LogP contribution in [0.15, 0.2) is 29.2 Å². The summed E-state index contributed by atoms with van der Waals surface area (Å²) < 4.78 is 24.8. The molecule has 0 spiro atoms. The van der Waals surface area contributed by atoms with E-state index in [1.54, 1.807) is 17.0 Å². The van der Waals surface area contributed by atoms with Gasteiger partial charge >= 0.3 is 0 Å². The van der Waals surface area contributed by atoms with Crippen molar-refractivity contribution < 1.29 is 8.42 Å². The molecule has 3 nitrogen and oxygen atoms in total. The topological polar surface area (TPSA) is 37.4 Å². The molecule has 1 atom stereocenters. The molecule has 88 valence electrons. The van der Waals surface area contributed by atoms with Gasteiger partial charge in [-0.15, -0.1) is 0 Å². The number of fused-ring (bicyclic) bond motifs is 1. The summed E-state index contributed by atoms with van der Waals surface area (Å²) in [5.41, 5.74) is 0.965. The van der Waals surface area contributed by atoms with Gasteiger partial charge in [-0.05, 0) is 45.0 Å². The van der Waals surface area contributed by atoms with Gasteiger partial charge in [0.05, 0.1) is 4.90 Å². The zero-order valence-electron chi connectivity index (χ0n) is 9.68. The molecule has 2 rings (SSSR count). The number of nitrogens with zero attached hydrogens (tertiary/aromatic N) is 1. The number of hydrogen-bond acceptors (Lipinski definition) is 3. The van der Waals surface area contributed by atoms with Crippen LogP contribution in [0.25, 0.3) is 0 Å². The third kappa shape index (κ3) is 1.87. The summed E-state index contributed by atoms with van der Waals surface area (Å²) in [7, 11) is 0.466. The Labute approximate surface area is 97.0 Å². The average molecular weight is 239 g/mol. The van der Waals surface area contributed by atoms with Crippen LogP contribution in [0.1, 0.15) is 18.4 Å². The quantitative estimate of drug-likeness (QED) is 0.748. The first-order valence-corrected chi connectivity index (χ1v) is 7.06. The molecule has 1 heterocycles. The van der Waals surface area contributed by atoms with Crippen molar-refractivity contribution in [1.82, 2.24) is 4.90 Å². The second kappa shape index (κ2) is 4.18. The van der Waals surface area contributed by atoms with E-state index in [2.05, 4.69) is 0 Å². The Bertz CT molecular complexity index is 480. The standard InChI is InChI=1S/C12H17NO2S/c1-13(2)12-9-5-7-10-6-3-4-8-11(10)16(12,14)15/h3-4,6,8,12H,5,7,9H2,1-2H3. The highest BCUT2D eigenvalue weighted by molar-refractivity contribution is 7.92. The highest BCUT2D eigenvalue weighted by atomic mass is 32.2. The largest absolute Gasteiger partial charge is 0.293 e. The zero-order valence-corrected chi connectivity index (χ0v) is 10.5. The maximum absolute atomic E-state index is 12.4. The number of benzene rings is 1. The summed E-state index contributed by atoms with van der Waals surface area (Å²) in [6.07, 6.45) is 2.50. The SMILES string of the molecule is CN(C)C1CCCc2ccccc2S1(=O)=O. The molecular formula is C12H17NO2S. The van der Waals surface area contributed by atoms with E-state index >= 15 is 0 Å². The maximum atomic E-state index is 12.4. The van der Waals surface area contributed by atoms with Gasteiger partial charge in [0.1, 0.15) is 5.37 Å². The first-order valence-electron chi connectivity index (χ1n) is 5.51. The van der Waals surface area contributed by atoms with Gasteiger partial charge in [0, 0.05) is 0 Å². The minimum Gasteiger partial charge on any atom is -0.293 e. The minimum atomic E-state index is -3.19. The van der Waals surface area contributed by atoms with Crippen LogP contribution in [0.3, 0.4) is 0 Å². The van der Waals surface area contributed by atoms with Crippen LogP contribution < -0.4 is 0 Å². The first-order chi connectivity index (χ1) is 7.53. The Morgan fingerprint density at radius 3 is 2.62 bits per heavy atom. The molecule has 0 N–H and O–H groups in total. The zero-order chi connectivity index (χ0) is 11.8. The molecule has 0 fully saturated rings. The van der Waals surface area contributed by atoms with Crippen molar-refractivity contribution in [2.24, 2.45) is 0 Å². The van der Waals surface area contributed by atoms with E-state index in [0.29, 0.717) is 11.3 Å². The van der Waals surface area contributed by atoms with Crippen LogP contribution in [-0.2, 0) is 16.3 Å². The summed E-state index contributed by atoms with van der Waals surface area (Å²) in [5.74, 6) is 0. The molecule has 16 heavy (non-hydrogen) atoms. The average Bonchev–Trinajstić information content (AvgIpc) is 2.36. The van der Waals surface area contributed by atoms with Crippen LogP contribution in [0, 0.1) is 0 Å². The molecule has 1 aliphatic heterocycles. The Kier molecular flexibility index (Phi) is 3.04. The van der Waals surface area contributed by atoms with Gasteiger partial charge < -0.3 is 0 Å². The molecule has 0 saturated carbocycles. The molecule has 1 unspecified atom stereocenters. The third-order valence-electron chi connectivity index (χ3n) is 3.11. The normalized spacial score (nSPS) is 23.8. The predicted octanol–water partition coefficient (Wildman–Crippen LogP) is 1.68. The van der Waals surface area contributed by atoms with Gasteiger partial charge in [-0.25, -0.2) is 8.42 Å². The molecule has 1 aromatic carbocycles. The van der Waals surface area contributed by atoms with E-state index in [-0.39, 0.29) is 5.37 Å². The Morgan fingerprint density at radius 2 is 1.94 bits per heavy atom. The lowest BCUT2D eigenvalue weighted by atomic mass is 10.1. The lowest BCUT2D eigenvalue weighted by Gasteiger charge is -2.22. The van der Waals surface area contributed by atoms with Gasteiger partial charge in [-0.3, -0.25) is 4.90 Å². The lowest BCUT2D eigenvalue weighted by Crippen LogP contribution is -2.35. The highest BCUT2D eigenvalue weighted by Crippen LogP contribution is 2.29. The summed E-state index contributed by atoms with van der Waals surface area (Å²) in [4.78, 5) is 2.32. The van der Waals surface area contributed by atoms with Gasteiger partial charge in [0.2, 0.25) is 0 Å². The van der Waals surface area contributed by atoms with E-state index in [9.17, 15) is 8.42 Å². The molecule has 1 aliphatic rings. The predicted molar refractivity (Wildman–Crippen MR) is 64.0 cm³/mol. The van der Waals surface area contributed by atoms with Crippen molar-refractivity contribution in [2.45, 2.75) is 29.5 Å². The van der Waals surface area contributed by atoms with Gasteiger partial charge in [0.15, 0.2) is 9.84 Å². The summed E-state index contributed by atoms with van der Waals surface area (Å²) in [6.45, 7) is 0. The molecule has 0 amide bonds. The molecule has 0 bridgehead atoms. The monoisotopic (exact) mass is 239 g/mol. The maximum Gasteiger partial charge on any atom is 0.194 e. The summed E-state index contributed by atoms with van der Waals surface area (Å²) in [5, 5.41) is -0.379. The third-order valence-corrected chi connectivity index (χ3v) is 5.50. The van der Waals surface area contributed by atoms with E-state index in [1.165, 1.54) is 0 Å². The smallest absolute Gasteiger partial charge is 0.194 e. The van der Waals surface area contributed by atoms with Crippen LogP contribution in [0.2, 0.25) is 0 Å². The van der Waals surface area contributed by atoms with Crippen molar-refractivity contribution in [3.05, 3.63) is 29.8 Å². The van der Waals surface area contributed by atoms with Gasteiger partial charge in [-0.2, -0.15) is 0 Å². The van der Waals surface area contributed by atoms with Crippen LogP contribution >= 0.6 is 0 Å². The highest BCUT2D eigenvalue weighted by Gasteiger charge is 2.32. The lowest BCUT2D eigenvalue weighted by molar-refractivity contribution is 0.346. The molecule has 1 aromatic rings. The molecule has 0 aromatic heterocycles. The van der Waals surface area contributed by atoms with Crippen molar-refractivity contribution in [3.8, 4) is 0 Å².